The standard InChI is InChI=1S/C13H12BrN7O2/c1-2-20-6-7(9(18-20)11(15)22)17-13(23)10-8(14)12-16-4-3-5-21(12)19-10/h3-6H,2H2,1H3,(H2,15,22)(H,17,23). The van der Waals surface area contributed by atoms with Crippen molar-refractivity contribution in [3.05, 3.63) is 40.5 Å². The number of hydrogen-bond acceptors (Lipinski definition) is 5. The second-order valence-electron chi connectivity index (χ2n) is 4.62. The Labute approximate surface area is 138 Å². The zero-order valence-electron chi connectivity index (χ0n) is 12.0. The Morgan fingerprint density at radius 2 is 2.13 bits per heavy atom. The SMILES string of the molecule is CCn1cc(NC(=O)c2nn3cccnc3c2Br)c(C(N)=O)n1. The van der Waals surface area contributed by atoms with Gasteiger partial charge in [-0.2, -0.15) is 10.2 Å². The van der Waals surface area contributed by atoms with Gasteiger partial charge in [0.15, 0.2) is 17.0 Å². The molecule has 0 radical (unpaired) electrons. The van der Waals surface area contributed by atoms with E-state index in [1.54, 1.807) is 24.7 Å². The summed E-state index contributed by atoms with van der Waals surface area (Å²) < 4.78 is 3.44. The highest BCUT2D eigenvalue weighted by atomic mass is 79.9. The van der Waals surface area contributed by atoms with Crippen LogP contribution in [0.15, 0.2) is 29.1 Å². The number of halogens is 1. The molecule has 0 saturated heterocycles. The molecule has 3 N–H and O–H groups in total. The highest BCUT2D eigenvalue weighted by molar-refractivity contribution is 9.10. The first kappa shape index (κ1) is 15.2. The molecule has 0 aliphatic rings. The third kappa shape index (κ3) is 2.68. The molecule has 0 spiro atoms. The summed E-state index contributed by atoms with van der Waals surface area (Å²) in [5, 5.41) is 10.8. The predicted molar refractivity (Wildman–Crippen MR) is 85.1 cm³/mol. The molecule has 2 amide bonds. The fourth-order valence-electron chi connectivity index (χ4n) is 2.04. The molecule has 0 bridgehead atoms. The van der Waals surface area contributed by atoms with Crippen molar-refractivity contribution in [1.29, 1.82) is 0 Å². The van der Waals surface area contributed by atoms with Crippen LogP contribution < -0.4 is 11.1 Å². The Morgan fingerprint density at radius 1 is 1.35 bits per heavy atom. The third-order valence-electron chi connectivity index (χ3n) is 3.12. The Hall–Kier alpha value is -2.75. The van der Waals surface area contributed by atoms with Gasteiger partial charge in [-0.05, 0) is 28.9 Å². The predicted octanol–water partition coefficient (Wildman–Crippen LogP) is 1.06. The summed E-state index contributed by atoms with van der Waals surface area (Å²) in [6, 6.07) is 1.70. The zero-order chi connectivity index (χ0) is 16.6. The van der Waals surface area contributed by atoms with E-state index in [0.29, 0.717) is 16.7 Å². The summed E-state index contributed by atoms with van der Waals surface area (Å²) in [6.07, 6.45) is 4.81. The van der Waals surface area contributed by atoms with Crippen molar-refractivity contribution < 1.29 is 9.59 Å². The molecular weight excluding hydrogens is 366 g/mol. The number of carbonyl (C=O) groups is 2. The first-order chi connectivity index (χ1) is 11.0. The topological polar surface area (TPSA) is 120 Å². The molecule has 10 heteroatoms. The molecule has 118 valence electrons. The smallest absolute Gasteiger partial charge is 0.277 e. The lowest BCUT2D eigenvalue weighted by molar-refractivity contribution is 0.0995. The number of aryl methyl sites for hydroxylation is 1. The number of amides is 2. The Bertz CT molecular complexity index is 914. The van der Waals surface area contributed by atoms with E-state index >= 15 is 0 Å². The van der Waals surface area contributed by atoms with Crippen LogP contribution in [-0.2, 0) is 6.54 Å². The van der Waals surface area contributed by atoms with E-state index in [0.717, 1.165) is 0 Å². The van der Waals surface area contributed by atoms with Crippen LogP contribution in [-0.4, -0.2) is 36.2 Å². The van der Waals surface area contributed by atoms with Crippen LogP contribution in [0.25, 0.3) is 5.65 Å². The van der Waals surface area contributed by atoms with E-state index < -0.39 is 11.8 Å². The maximum atomic E-state index is 12.4. The molecule has 0 unspecified atom stereocenters. The van der Waals surface area contributed by atoms with Gasteiger partial charge in [-0.3, -0.25) is 14.3 Å². The second kappa shape index (κ2) is 5.80. The van der Waals surface area contributed by atoms with Gasteiger partial charge in [0.1, 0.15) is 0 Å². The summed E-state index contributed by atoms with van der Waals surface area (Å²) in [5.74, 6) is -1.22. The molecule has 0 atom stereocenters. The maximum absolute atomic E-state index is 12.4. The van der Waals surface area contributed by atoms with E-state index in [4.69, 9.17) is 5.73 Å². The maximum Gasteiger partial charge on any atom is 0.277 e. The molecule has 0 aromatic carbocycles. The van der Waals surface area contributed by atoms with Crippen LogP contribution in [0.5, 0.6) is 0 Å². The number of carbonyl (C=O) groups excluding carboxylic acids is 2. The van der Waals surface area contributed by atoms with Crippen molar-refractivity contribution in [2.45, 2.75) is 13.5 Å². The molecule has 3 heterocycles. The number of aromatic nitrogens is 5. The summed E-state index contributed by atoms with van der Waals surface area (Å²) >= 11 is 3.31. The summed E-state index contributed by atoms with van der Waals surface area (Å²) in [5.41, 5.74) is 6.17. The molecule has 0 fully saturated rings. The van der Waals surface area contributed by atoms with Crippen molar-refractivity contribution in [3.63, 3.8) is 0 Å². The van der Waals surface area contributed by atoms with Crippen LogP contribution in [0.4, 0.5) is 5.69 Å². The van der Waals surface area contributed by atoms with Gasteiger partial charge in [0.05, 0.1) is 10.2 Å². The number of hydrogen-bond donors (Lipinski definition) is 2. The lowest BCUT2D eigenvalue weighted by Crippen LogP contribution is -2.18. The van der Waals surface area contributed by atoms with Gasteiger partial charge in [0.25, 0.3) is 11.8 Å². The largest absolute Gasteiger partial charge is 0.364 e. The number of nitrogens with two attached hydrogens (primary N) is 1. The molecule has 23 heavy (non-hydrogen) atoms. The quantitative estimate of drug-likeness (QED) is 0.703. The van der Waals surface area contributed by atoms with Crippen LogP contribution >= 0.6 is 15.9 Å². The number of rotatable bonds is 4. The van der Waals surface area contributed by atoms with E-state index in [1.165, 1.54) is 9.20 Å². The van der Waals surface area contributed by atoms with Crippen molar-refractivity contribution in [1.82, 2.24) is 24.4 Å². The van der Waals surface area contributed by atoms with Gasteiger partial charge in [0, 0.05) is 25.1 Å². The Morgan fingerprint density at radius 3 is 2.78 bits per heavy atom. The fraction of sp³-hybridized carbons (Fsp3) is 0.154. The number of fused-ring (bicyclic) bond motifs is 1. The minimum atomic E-state index is -0.719. The summed E-state index contributed by atoms with van der Waals surface area (Å²) in [4.78, 5) is 28.0. The third-order valence-corrected chi connectivity index (χ3v) is 3.85. The van der Waals surface area contributed by atoms with Crippen LogP contribution in [0, 0.1) is 0 Å². The highest BCUT2D eigenvalue weighted by Gasteiger charge is 2.22. The highest BCUT2D eigenvalue weighted by Crippen LogP contribution is 2.22. The molecule has 0 saturated carbocycles. The average Bonchev–Trinajstić information content (AvgIpc) is 3.09. The van der Waals surface area contributed by atoms with Crippen molar-refractivity contribution in [2.24, 2.45) is 5.73 Å². The van der Waals surface area contributed by atoms with Crippen molar-refractivity contribution >= 4 is 39.1 Å². The summed E-state index contributed by atoms with van der Waals surface area (Å²) in [7, 11) is 0. The minimum absolute atomic E-state index is 0.00166. The lowest BCUT2D eigenvalue weighted by atomic mass is 10.3. The molecule has 0 aliphatic heterocycles. The molecule has 9 nitrogen and oxygen atoms in total. The first-order valence-corrected chi connectivity index (χ1v) is 7.48. The van der Waals surface area contributed by atoms with E-state index in [2.05, 4.69) is 36.4 Å². The van der Waals surface area contributed by atoms with Gasteiger partial charge in [-0.1, -0.05) is 0 Å². The fourth-order valence-corrected chi connectivity index (χ4v) is 2.59. The van der Waals surface area contributed by atoms with Gasteiger partial charge in [-0.25, -0.2) is 9.50 Å². The van der Waals surface area contributed by atoms with E-state index in [-0.39, 0.29) is 17.1 Å². The minimum Gasteiger partial charge on any atom is -0.364 e. The van der Waals surface area contributed by atoms with Crippen LogP contribution in [0.2, 0.25) is 0 Å². The molecule has 3 aromatic rings. The number of nitrogens with one attached hydrogen (secondary N) is 1. The monoisotopic (exact) mass is 377 g/mol. The molecular formula is C13H12BrN7O2. The van der Waals surface area contributed by atoms with Crippen LogP contribution in [0.1, 0.15) is 27.9 Å². The molecule has 0 aliphatic carbocycles. The van der Waals surface area contributed by atoms with Crippen molar-refractivity contribution in [2.75, 3.05) is 5.32 Å². The Balaban J connectivity index is 1.96. The van der Waals surface area contributed by atoms with Crippen molar-refractivity contribution in [3.8, 4) is 0 Å². The van der Waals surface area contributed by atoms with E-state index in [1.807, 2.05) is 6.92 Å². The second-order valence-corrected chi connectivity index (χ2v) is 5.41. The number of anilines is 1. The normalized spacial score (nSPS) is 10.9. The number of primary amides is 1. The molecule has 3 rings (SSSR count). The summed E-state index contributed by atoms with van der Waals surface area (Å²) in [6.45, 7) is 2.39. The van der Waals surface area contributed by atoms with Gasteiger partial charge in [0.2, 0.25) is 0 Å². The van der Waals surface area contributed by atoms with Gasteiger partial charge >= 0.3 is 0 Å². The zero-order valence-corrected chi connectivity index (χ0v) is 13.6. The van der Waals surface area contributed by atoms with Crippen LogP contribution in [0.3, 0.4) is 0 Å². The lowest BCUT2D eigenvalue weighted by Gasteiger charge is -2.01. The van der Waals surface area contributed by atoms with Gasteiger partial charge < -0.3 is 11.1 Å². The van der Waals surface area contributed by atoms with E-state index in [9.17, 15) is 9.59 Å². The molecule has 3 aromatic heterocycles. The average molecular weight is 378 g/mol. The first-order valence-electron chi connectivity index (χ1n) is 6.68. The number of nitrogens with zero attached hydrogens (tertiary/aromatic N) is 5. The Kier molecular flexibility index (Phi) is 3.82. The van der Waals surface area contributed by atoms with Gasteiger partial charge in [-0.15, -0.1) is 0 Å².